The van der Waals surface area contributed by atoms with Crippen LogP contribution < -0.4 is 0 Å². The zero-order valence-corrected chi connectivity index (χ0v) is 19.3. The van der Waals surface area contributed by atoms with Crippen molar-refractivity contribution in [3.05, 3.63) is 133 Å². The highest BCUT2D eigenvalue weighted by molar-refractivity contribution is 5.96. The number of aromatic nitrogens is 1. The Kier molecular flexibility index (Phi) is 6.19. The van der Waals surface area contributed by atoms with E-state index in [1.165, 1.54) is 0 Å². The minimum atomic E-state index is -1.08. The van der Waals surface area contributed by atoms with Gasteiger partial charge in [-0.3, -0.25) is 9.59 Å². The molecule has 1 aliphatic carbocycles. The number of fused-ring (bicyclic) bond motifs is 1. The number of hydrogen-bond acceptors (Lipinski definition) is 2. The highest BCUT2D eigenvalue weighted by Crippen LogP contribution is 2.36. The predicted octanol–water partition coefficient (Wildman–Crippen LogP) is 6.15. The Bertz CT molecular complexity index is 1380. The molecule has 1 aromatic heterocycles. The van der Waals surface area contributed by atoms with Gasteiger partial charge in [0.05, 0.1) is 5.92 Å². The standard InChI is InChI=1S/C31H27NO3/c33-29(22-27(30(34)35)21-23-9-3-1-4-10-23)31(32-20-17-26-13-7-8-14-28(26)32)18-15-25(16-19-31)24-11-5-2-6-12-24/h1-20,25,27H,21-22H2,(H,34,35). The maximum Gasteiger partial charge on any atom is 0.307 e. The number of carbonyl (C=O) groups excluding carboxylic acids is 1. The maximum atomic E-state index is 14.0. The van der Waals surface area contributed by atoms with Gasteiger partial charge in [0.25, 0.3) is 0 Å². The third kappa shape index (κ3) is 4.47. The quantitative estimate of drug-likeness (QED) is 0.320. The van der Waals surface area contributed by atoms with Crippen LogP contribution in [0, 0.1) is 5.92 Å². The van der Waals surface area contributed by atoms with Gasteiger partial charge in [-0.1, -0.05) is 103 Å². The number of aliphatic carboxylic acids is 1. The molecule has 4 heteroatoms. The van der Waals surface area contributed by atoms with E-state index in [0.29, 0.717) is 6.42 Å². The summed E-state index contributed by atoms with van der Waals surface area (Å²) < 4.78 is 1.97. The highest BCUT2D eigenvalue weighted by Gasteiger charge is 2.39. The molecule has 4 aromatic rings. The van der Waals surface area contributed by atoms with Crippen molar-refractivity contribution in [2.75, 3.05) is 0 Å². The number of ketones is 1. The Morgan fingerprint density at radius 1 is 0.829 bits per heavy atom. The van der Waals surface area contributed by atoms with Crippen LogP contribution in [-0.4, -0.2) is 21.4 Å². The molecule has 1 heterocycles. The number of carboxylic acids is 1. The molecule has 1 aliphatic rings. The van der Waals surface area contributed by atoms with Crippen molar-refractivity contribution < 1.29 is 14.7 Å². The Balaban J connectivity index is 1.52. The van der Waals surface area contributed by atoms with Gasteiger partial charge in [-0.2, -0.15) is 0 Å². The van der Waals surface area contributed by atoms with E-state index in [1.807, 2.05) is 102 Å². The summed E-state index contributed by atoms with van der Waals surface area (Å²) in [5, 5.41) is 11.0. The van der Waals surface area contributed by atoms with Crippen LogP contribution in [0.5, 0.6) is 0 Å². The molecule has 5 rings (SSSR count). The van der Waals surface area contributed by atoms with Crippen LogP contribution in [0.4, 0.5) is 0 Å². The van der Waals surface area contributed by atoms with Gasteiger partial charge in [0.2, 0.25) is 0 Å². The van der Waals surface area contributed by atoms with E-state index in [9.17, 15) is 14.7 Å². The van der Waals surface area contributed by atoms with Gasteiger partial charge in [0, 0.05) is 24.1 Å². The second-order valence-corrected chi connectivity index (χ2v) is 9.08. The summed E-state index contributed by atoms with van der Waals surface area (Å²) in [6.45, 7) is 0. The number of Topliss-reactive ketones (excluding diaryl/α,β-unsaturated/α-hetero) is 1. The van der Waals surface area contributed by atoms with Crippen LogP contribution in [0.25, 0.3) is 10.9 Å². The van der Waals surface area contributed by atoms with Gasteiger partial charge in [-0.05, 0) is 35.1 Å². The lowest BCUT2D eigenvalue weighted by Crippen LogP contribution is -2.41. The third-order valence-electron chi connectivity index (χ3n) is 6.85. The van der Waals surface area contributed by atoms with E-state index >= 15 is 0 Å². The molecule has 0 saturated heterocycles. The number of carboxylic acid groups (broad SMARTS) is 1. The molecule has 1 unspecified atom stereocenters. The normalized spacial score (nSPS) is 20.1. The van der Waals surface area contributed by atoms with E-state index in [4.69, 9.17) is 0 Å². The summed E-state index contributed by atoms with van der Waals surface area (Å²) in [6.07, 6.45) is 10.2. The molecule has 1 N–H and O–H groups in total. The monoisotopic (exact) mass is 461 g/mol. The van der Waals surface area contributed by atoms with Crippen LogP contribution in [0.2, 0.25) is 0 Å². The van der Waals surface area contributed by atoms with E-state index in [1.54, 1.807) is 0 Å². The molecule has 0 spiro atoms. The lowest BCUT2D eigenvalue weighted by Gasteiger charge is -2.33. The van der Waals surface area contributed by atoms with Gasteiger partial charge in [-0.25, -0.2) is 0 Å². The number of para-hydroxylation sites is 1. The molecule has 0 bridgehead atoms. The topological polar surface area (TPSA) is 59.3 Å². The van der Waals surface area contributed by atoms with Crippen molar-refractivity contribution in [1.82, 2.24) is 4.57 Å². The van der Waals surface area contributed by atoms with Crippen molar-refractivity contribution in [1.29, 1.82) is 0 Å². The summed E-state index contributed by atoms with van der Waals surface area (Å²) in [6, 6.07) is 29.5. The fraction of sp³-hybridized carbons (Fsp3) is 0.161. The SMILES string of the molecule is O=C(O)C(CC(=O)C1(n2ccc3ccccc32)C=CC(c2ccccc2)C=C1)Cc1ccccc1. The lowest BCUT2D eigenvalue weighted by atomic mass is 9.79. The Morgan fingerprint density at radius 3 is 2.14 bits per heavy atom. The molecular weight excluding hydrogens is 434 g/mol. The fourth-order valence-electron chi connectivity index (χ4n) is 4.94. The highest BCUT2D eigenvalue weighted by atomic mass is 16.4. The van der Waals surface area contributed by atoms with Gasteiger partial charge in [0.15, 0.2) is 5.78 Å². The number of carbonyl (C=O) groups is 2. The molecule has 1 atom stereocenters. The van der Waals surface area contributed by atoms with Gasteiger partial charge >= 0.3 is 5.97 Å². The molecule has 0 fully saturated rings. The first-order chi connectivity index (χ1) is 17.1. The Labute approximate surface area is 204 Å². The Hall–Kier alpha value is -4.18. The molecular formula is C31H27NO3. The van der Waals surface area contributed by atoms with Crippen LogP contribution in [0.1, 0.15) is 23.5 Å². The molecule has 0 radical (unpaired) electrons. The van der Waals surface area contributed by atoms with Crippen LogP contribution in [-0.2, 0) is 21.5 Å². The van der Waals surface area contributed by atoms with Gasteiger partial charge < -0.3 is 9.67 Å². The summed E-state index contributed by atoms with van der Waals surface area (Å²) in [4.78, 5) is 26.2. The predicted molar refractivity (Wildman–Crippen MR) is 138 cm³/mol. The summed E-state index contributed by atoms with van der Waals surface area (Å²) in [7, 11) is 0. The molecule has 4 nitrogen and oxygen atoms in total. The van der Waals surface area contributed by atoms with E-state index in [2.05, 4.69) is 24.3 Å². The molecule has 0 amide bonds. The lowest BCUT2D eigenvalue weighted by molar-refractivity contribution is -0.144. The summed E-state index contributed by atoms with van der Waals surface area (Å²) in [5.41, 5.74) is 1.90. The number of hydrogen-bond donors (Lipinski definition) is 1. The van der Waals surface area contributed by atoms with Crippen molar-refractivity contribution >= 4 is 22.7 Å². The molecule has 0 saturated carbocycles. The molecule has 35 heavy (non-hydrogen) atoms. The first kappa shape index (κ1) is 22.6. The minimum absolute atomic E-state index is 0.0542. The van der Waals surface area contributed by atoms with Crippen LogP contribution in [0.3, 0.4) is 0 Å². The van der Waals surface area contributed by atoms with Crippen molar-refractivity contribution in [3.63, 3.8) is 0 Å². The van der Waals surface area contributed by atoms with E-state index in [0.717, 1.165) is 22.0 Å². The average molecular weight is 462 g/mol. The Morgan fingerprint density at radius 2 is 1.46 bits per heavy atom. The second kappa shape index (κ2) is 9.59. The van der Waals surface area contributed by atoms with Crippen LogP contribution in [0.15, 0.2) is 121 Å². The van der Waals surface area contributed by atoms with Gasteiger partial charge in [0.1, 0.15) is 5.54 Å². The fourth-order valence-corrected chi connectivity index (χ4v) is 4.94. The van der Waals surface area contributed by atoms with Crippen molar-refractivity contribution in [2.45, 2.75) is 24.3 Å². The molecule has 3 aromatic carbocycles. The largest absolute Gasteiger partial charge is 0.481 e. The number of nitrogens with zero attached hydrogens (tertiary/aromatic N) is 1. The smallest absolute Gasteiger partial charge is 0.307 e. The summed E-state index contributed by atoms with van der Waals surface area (Å²) in [5.74, 6) is -1.85. The van der Waals surface area contributed by atoms with Crippen molar-refractivity contribution in [2.24, 2.45) is 5.92 Å². The number of allylic oxidation sites excluding steroid dienone is 4. The summed E-state index contributed by atoms with van der Waals surface area (Å²) >= 11 is 0. The van der Waals surface area contributed by atoms with E-state index < -0.39 is 17.4 Å². The maximum absolute atomic E-state index is 14.0. The van der Waals surface area contributed by atoms with E-state index in [-0.39, 0.29) is 18.1 Å². The number of benzene rings is 3. The molecule has 0 aliphatic heterocycles. The second-order valence-electron chi connectivity index (χ2n) is 9.08. The number of rotatable bonds is 8. The zero-order chi connectivity index (χ0) is 24.3. The van der Waals surface area contributed by atoms with Crippen LogP contribution >= 0.6 is 0 Å². The molecule has 174 valence electrons. The minimum Gasteiger partial charge on any atom is -0.481 e. The first-order valence-corrected chi connectivity index (χ1v) is 11.9. The van der Waals surface area contributed by atoms with Gasteiger partial charge in [-0.15, -0.1) is 0 Å². The zero-order valence-electron chi connectivity index (χ0n) is 19.3. The third-order valence-corrected chi connectivity index (χ3v) is 6.85. The first-order valence-electron chi connectivity index (χ1n) is 11.9. The average Bonchev–Trinajstić information content (AvgIpc) is 3.34. The van der Waals surface area contributed by atoms with Crippen molar-refractivity contribution in [3.8, 4) is 0 Å².